The van der Waals surface area contributed by atoms with Crippen LogP contribution in [0.25, 0.3) is 22.3 Å². The Labute approximate surface area is 140 Å². The zero-order valence-electron chi connectivity index (χ0n) is 12.5. The van der Waals surface area contributed by atoms with Crippen LogP contribution in [-0.4, -0.2) is 27.4 Å². The number of benzene rings is 1. The molecule has 0 amide bonds. The molecule has 24 heavy (non-hydrogen) atoms. The summed E-state index contributed by atoms with van der Waals surface area (Å²) in [5.74, 6) is -0.597. The third kappa shape index (κ3) is 3.29. The molecule has 0 spiro atoms. The molecule has 0 radical (unpaired) electrons. The van der Waals surface area contributed by atoms with Crippen molar-refractivity contribution in [2.45, 2.75) is 13.2 Å². The van der Waals surface area contributed by atoms with E-state index >= 15 is 0 Å². The molecule has 4 N–H and O–H groups in total. The van der Waals surface area contributed by atoms with Gasteiger partial charge < -0.3 is 14.8 Å². The smallest absolute Gasteiger partial charge is 0.346 e. The van der Waals surface area contributed by atoms with Crippen molar-refractivity contribution in [3.8, 4) is 11.3 Å². The van der Waals surface area contributed by atoms with E-state index < -0.39 is 17.7 Å². The number of nitrogens with zero attached hydrogens (tertiary/aromatic N) is 2. The Morgan fingerprint density at radius 3 is 3.00 bits per heavy atom. The molecule has 0 fully saturated rings. The van der Waals surface area contributed by atoms with Gasteiger partial charge in [-0.05, 0) is 30.7 Å². The molecule has 1 atom stereocenters. The first-order valence-corrected chi connectivity index (χ1v) is 7.34. The van der Waals surface area contributed by atoms with Crippen LogP contribution >= 0.6 is 11.6 Å². The summed E-state index contributed by atoms with van der Waals surface area (Å²) in [5.41, 5.74) is 6.45. The van der Waals surface area contributed by atoms with E-state index in [1.165, 1.54) is 18.5 Å². The quantitative estimate of drug-likeness (QED) is 0.381. The summed E-state index contributed by atoms with van der Waals surface area (Å²) in [6.07, 6.45) is 2.31. The van der Waals surface area contributed by atoms with Gasteiger partial charge in [-0.3, -0.25) is 5.73 Å². The topological polar surface area (TPSA) is 109 Å². The molecule has 2 aromatic heterocycles. The minimum Gasteiger partial charge on any atom is -0.377 e. The maximum absolute atomic E-state index is 14.4. The predicted molar refractivity (Wildman–Crippen MR) is 89.4 cm³/mol. The van der Waals surface area contributed by atoms with Crippen molar-refractivity contribution in [1.29, 1.82) is 0 Å². The molecule has 0 saturated heterocycles. The van der Waals surface area contributed by atoms with E-state index in [1.807, 2.05) is 0 Å². The Morgan fingerprint density at radius 1 is 1.46 bits per heavy atom. The molecule has 0 saturated carbocycles. The van der Waals surface area contributed by atoms with E-state index in [0.717, 1.165) is 0 Å². The SMILES string of the molecule is C[C@H](N)O/N=C/c1cc(Cl)c(F)c(-c2cc3c[nH]c(=O)nc3[nH]2)c1. The summed E-state index contributed by atoms with van der Waals surface area (Å²) in [5, 5.41) is 4.27. The Morgan fingerprint density at radius 2 is 2.25 bits per heavy atom. The van der Waals surface area contributed by atoms with Gasteiger partial charge in [-0.1, -0.05) is 16.8 Å². The summed E-state index contributed by atoms with van der Waals surface area (Å²) in [7, 11) is 0. The summed E-state index contributed by atoms with van der Waals surface area (Å²) >= 11 is 5.95. The normalized spacial score (nSPS) is 12.8. The van der Waals surface area contributed by atoms with Crippen molar-refractivity contribution in [2.75, 3.05) is 0 Å². The number of oxime groups is 1. The lowest BCUT2D eigenvalue weighted by molar-refractivity contribution is 0.0787. The number of halogens is 2. The van der Waals surface area contributed by atoms with Crippen molar-refractivity contribution < 1.29 is 9.23 Å². The van der Waals surface area contributed by atoms with Gasteiger partial charge in [0.1, 0.15) is 5.65 Å². The monoisotopic (exact) mass is 349 g/mol. The number of nitrogens with one attached hydrogen (secondary N) is 2. The van der Waals surface area contributed by atoms with Crippen LogP contribution in [0.4, 0.5) is 4.39 Å². The third-order valence-electron chi connectivity index (χ3n) is 3.16. The second-order valence-electron chi connectivity index (χ2n) is 5.10. The molecule has 2 heterocycles. The van der Waals surface area contributed by atoms with Crippen LogP contribution in [0.3, 0.4) is 0 Å². The van der Waals surface area contributed by atoms with Gasteiger partial charge in [0.25, 0.3) is 0 Å². The van der Waals surface area contributed by atoms with Gasteiger partial charge in [-0.15, -0.1) is 0 Å². The summed E-state index contributed by atoms with van der Waals surface area (Å²) in [6.45, 7) is 1.62. The minimum atomic E-state index is -0.597. The molecule has 0 unspecified atom stereocenters. The molecular formula is C15H13ClFN5O2. The van der Waals surface area contributed by atoms with Crippen LogP contribution in [0.15, 0.2) is 34.3 Å². The van der Waals surface area contributed by atoms with Gasteiger partial charge in [0.2, 0.25) is 0 Å². The van der Waals surface area contributed by atoms with Gasteiger partial charge in [-0.2, -0.15) is 4.98 Å². The average Bonchev–Trinajstić information content (AvgIpc) is 2.93. The van der Waals surface area contributed by atoms with Crippen molar-refractivity contribution in [3.05, 3.63) is 51.3 Å². The van der Waals surface area contributed by atoms with Crippen LogP contribution < -0.4 is 11.4 Å². The van der Waals surface area contributed by atoms with Crippen LogP contribution in [0, 0.1) is 5.82 Å². The van der Waals surface area contributed by atoms with Crippen LogP contribution in [0.5, 0.6) is 0 Å². The van der Waals surface area contributed by atoms with Crippen LogP contribution in [-0.2, 0) is 4.84 Å². The van der Waals surface area contributed by atoms with E-state index in [4.69, 9.17) is 22.2 Å². The number of aromatic nitrogens is 3. The zero-order valence-corrected chi connectivity index (χ0v) is 13.3. The van der Waals surface area contributed by atoms with Crippen molar-refractivity contribution >= 4 is 28.8 Å². The molecule has 9 heteroatoms. The highest BCUT2D eigenvalue weighted by molar-refractivity contribution is 6.31. The maximum atomic E-state index is 14.4. The number of hydrogen-bond donors (Lipinski definition) is 3. The molecule has 3 aromatic rings. The molecule has 124 valence electrons. The molecule has 3 rings (SSSR count). The van der Waals surface area contributed by atoms with Crippen LogP contribution in [0.2, 0.25) is 5.02 Å². The molecule has 7 nitrogen and oxygen atoms in total. The number of rotatable bonds is 4. The number of H-pyrrole nitrogens is 2. The fourth-order valence-electron chi connectivity index (χ4n) is 2.15. The second-order valence-corrected chi connectivity index (χ2v) is 5.51. The number of fused-ring (bicyclic) bond motifs is 1. The first-order chi connectivity index (χ1) is 11.4. The Balaban J connectivity index is 2.06. The molecule has 0 aliphatic heterocycles. The van der Waals surface area contributed by atoms with E-state index in [1.54, 1.807) is 19.1 Å². The van der Waals surface area contributed by atoms with Crippen LogP contribution in [0.1, 0.15) is 12.5 Å². The number of nitrogens with two attached hydrogens (primary N) is 1. The fraction of sp³-hybridized carbons (Fsp3) is 0.133. The summed E-state index contributed by atoms with van der Waals surface area (Å²) in [4.78, 5) is 25.3. The van der Waals surface area contributed by atoms with Gasteiger partial charge in [0, 0.05) is 17.1 Å². The van der Waals surface area contributed by atoms with E-state index in [9.17, 15) is 9.18 Å². The largest absolute Gasteiger partial charge is 0.377 e. The Kier molecular flexibility index (Phi) is 4.32. The molecule has 1 aromatic carbocycles. The first-order valence-electron chi connectivity index (χ1n) is 6.96. The van der Waals surface area contributed by atoms with E-state index in [-0.39, 0.29) is 10.6 Å². The highest BCUT2D eigenvalue weighted by Crippen LogP contribution is 2.30. The maximum Gasteiger partial charge on any atom is 0.346 e. The number of hydrogen-bond acceptors (Lipinski definition) is 5. The van der Waals surface area contributed by atoms with Gasteiger partial charge >= 0.3 is 5.69 Å². The van der Waals surface area contributed by atoms with Crippen molar-refractivity contribution in [1.82, 2.24) is 15.0 Å². The summed E-state index contributed by atoms with van der Waals surface area (Å²) in [6, 6.07) is 4.62. The molecular weight excluding hydrogens is 337 g/mol. The first kappa shape index (κ1) is 16.2. The van der Waals surface area contributed by atoms with Gasteiger partial charge in [0.05, 0.1) is 16.9 Å². The molecule has 0 aliphatic carbocycles. The standard InChI is InChI=1S/C15H13ClFN5O2/c1-7(18)24-20-5-8-2-10(13(17)11(16)3-8)12-4-9-6-19-15(23)22-14(9)21-12/h2-7H,18H2,1H3,(H2,19,21,22,23)/b20-5+/t7-/m1/s1. The minimum absolute atomic E-state index is 0.0718. The average molecular weight is 350 g/mol. The van der Waals surface area contributed by atoms with E-state index in [2.05, 4.69) is 20.1 Å². The van der Waals surface area contributed by atoms with Gasteiger partial charge in [-0.25, -0.2) is 9.18 Å². The van der Waals surface area contributed by atoms with Gasteiger partial charge in [0.15, 0.2) is 12.0 Å². The number of aromatic amines is 2. The predicted octanol–water partition coefficient (Wildman–Crippen LogP) is 2.37. The van der Waals surface area contributed by atoms with Crippen molar-refractivity contribution in [3.63, 3.8) is 0 Å². The van der Waals surface area contributed by atoms with E-state index in [0.29, 0.717) is 22.3 Å². The lowest BCUT2D eigenvalue weighted by Crippen LogP contribution is -2.16. The Bertz CT molecular complexity index is 980. The fourth-order valence-corrected chi connectivity index (χ4v) is 2.38. The highest BCUT2D eigenvalue weighted by atomic mass is 35.5. The Hall–Kier alpha value is -2.71. The van der Waals surface area contributed by atoms with Crippen molar-refractivity contribution in [2.24, 2.45) is 10.9 Å². The highest BCUT2D eigenvalue weighted by Gasteiger charge is 2.14. The lowest BCUT2D eigenvalue weighted by atomic mass is 10.1. The molecule has 0 bridgehead atoms. The molecule has 0 aliphatic rings. The zero-order chi connectivity index (χ0) is 17.3. The third-order valence-corrected chi connectivity index (χ3v) is 3.44. The second kappa shape index (κ2) is 6.42. The summed E-state index contributed by atoms with van der Waals surface area (Å²) < 4.78 is 14.4. The lowest BCUT2D eigenvalue weighted by Gasteiger charge is -2.05.